The van der Waals surface area contributed by atoms with Gasteiger partial charge in [0.2, 0.25) is 5.13 Å². The monoisotopic (exact) mass is 379 g/mol. The van der Waals surface area contributed by atoms with Crippen LogP contribution in [0.4, 0.5) is 5.13 Å². The molecule has 0 radical (unpaired) electrons. The summed E-state index contributed by atoms with van der Waals surface area (Å²) in [6.07, 6.45) is 4.61. The molecule has 5 nitrogen and oxygen atoms in total. The summed E-state index contributed by atoms with van der Waals surface area (Å²) in [5.41, 5.74) is 2.38. The van der Waals surface area contributed by atoms with Gasteiger partial charge >= 0.3 is 0 Å². The molecule has 1 unspecified atom stereocenters. The Morgan fingerprint density at radius 1 is 1.04 bits per heavy atom. The van der Waals surface area contributed by atoms with E-state index in [0.717, 1.165) is 39.4 Å². The number of anilines is 1. The van der Waals surface area contributed by atoms with Gasteiger partial charge in [-0.05, 0) is 36.6 Å². The minimum absolute atomic E-state index is 0. The fourth-order valence-corrected chi connectivity index (χ4v) is 3.93. The van der Waals surface area contributed by atoms with E-state index in [1.165, 1.54) is 5.56 Å². The van der Waals surface area contributed by atoms with Crippen LogP contribution in [-0.2, 0) is 6.42 Å². The van der Waals surface area contributed by atoms with Crippen LogP contribution in [-0.4, -0.2) is 34.8 Å². The molecule has 2 N–H and O–H groups in total. The van der Waals surface area contributed by atoms with Crippen LogP contribution in [0.15, 0.2) is 67.0 Å². The van der Waals surface area contributed by atoms with Gasteiger partial charge in [-0.1, -0.05) is 53.8 Å². The van der Waals surface area contributed by atoms with Crippen molar-refractivity contribution in [1.82, 2.24) is 20.5 Å². The molecule has 27 heavy (non-hydrogen) atoms. The number of likely N-dealkylation sites (N-methyl/N-ethyl adjacent to an activating group) is 1. The van der Waals surface area contributed by atoms with Gasteiger partial charge in [0.05, 0.1) is 0 Å². The Balaban J connectivity index is 0.00000150. The lowest BCUT2D eigenvalue weighted by Crippen LogP contribution is -2.33. The number of nitrogens with one attached hydrogen (secondary N) is 2. The standard InChI is InChI=1S/C21H21N5S.2H2/c1-22-14-19(11-15-5-3-2-4-6-15)24-21-26-25-20(27-21)17-7-8-18-13-23-10-9-16(18)12-17;;/h2-10,12-13,19,22H,11,14H2,1H3,(H,24,26);2*1H. The summed E-state index contributed by atoms with van der Waals surface area (Å²) in [5, 5.41) is 19.6. The number of hydrogen-bond donors (Lipinski definition) is 2. The van der Waals surface area contributed by atoms with Crippen LogP contribution in [0, 0.1) is 0 Å². The average molecular weight is 380 g/mol. The van der Waals surface area contributed by atoms with Gasteiger partial charge in [-0.25, -0.2) is 0 Å². The predicted molar refractivity (Wildman–Crippen MR) is 116 cm³/mol. The summed E-state index contributed by atoms with van der Waals surface area (Å²) in [7, 11) is 1.97. The molecule has 4 aromatic rings. The van der Waals surface area contributed by atoms with Gasteiger partial charge in [0.15, 0.2) is 0 Å². The summed E-state index contributed by atoms with van der Waals surface area (Å²) < 4.78 is 0. The highest BCUT2D eigenvalue weighted by Crippen LogP contribution is 2.29. The summed E-state index contributed by atoms with van der Waals surface area (Å²) in [6, 6.07) is 19.0. The molecule has 6 heteroatoms. The molecule has 2 aromatic heterocycles. The molecule has 4 rings (SSSR count). The second-order valence-electron chi connectivity index (χ2n) is 6.44. The summed E-state index contributed by atoms with van der Waals surface area (Å²) >= 11 is 1.58. The quantitative estimate of drug-likeness (QED) is 0.495. The fourth-order valence-electron chi connectivity index (χ4n) is 3.11. The summed E-state index contributed by atoms with van der Waals surface area (Å²) in [5.74, 6) is 0. The maximum absolute atomic E-state index is 4.38. The van der Waals surface area contributed by atoms with Gasteiger partial charge in [0.25, 0.3) is 0 Å². The zero-order valence-electron chi connectivity index (χ0n) is 15.1. The third-order valence-electron chi connectivity index (χ3n) is 4.42. The number of fused-ring (bicyclic) bond motifs is 1. The van der Waals surface area contributed by atoms with Crippen molar-refractivity contribution < 1.29 is 2.85 Å². The minimum atomic E-state index is 0. The minimum Gasteiger partial charge on any atom is -0.356 e. The highest BCUT2D eigenvalue weighted by molar-refractivity contribution is 7.18. The van der Waals surface area contributed by atoms with E-state index < -0.39 is 0 Å². The Hall–Kier alpha value is -2.83. The van der Waals surface area contributed by atoms with E-state index in [2.05, 4.69) is 68.3 Å². The molecule has 1 atom stereocenters. The highest BCUT2D eigenvalue weighted by Gasteiger charge is 2.13. The lowest BCUT2D eigenvalue weighted by molar-refractivity contribution is 0.649. The predicted octanol–water partition coefficient (Wildman–Crippen LogP) is 4.49. The van der Waals surface area contributed by atoms with E-state index in [9.17, 15) is 0 Å². The Labute approximate surface area is 165 Å². The van der Waals surface area contributed by atoms with Crippen molar-refractivity contribution in [3.8, 4) is 10.6 Å². The lowest BCUT2D eigenvalue weighted by Gasteiger charge is -2.17. The van der Waals surface area contributed by atoms with Crippen LogP contribution in [0.3, 0.4) is 0 Å². The first kappa shape index (κ1) is 17.6. The Morgan fingerprint density at radius 2 is 1.93 bits per heavy atom. The Bertz CT molecular complexity index is 1030. The number of nitrogens with zero attached hydrogens (tertiary/aromatic N) is 3. The number of aromatic nitrogens is 3. The average Bonchev–Trinajstić information content (AvgIpc) is 3.17. The normalized spacial score (nSPS) is 12.2. The zero-order chi connectivity index (χ0) is 18.5. The second kappa shape index (κ2) is 8.24. The molecule has 0 aliphatic heterocycles. The van der Waals surface area contributed by atoms with Crippen molar-refractivity contribution in [1.29, 1.82) is 0 Å². The molecule has 2 aromatic carbocycles. The molecule has 0 aliphatic rings. The van der Waals surface area contributed by atoms with Crippen molar-refractivity contribution in [2.45, 2.75) is 12.5 Å². The maximum Gasteiger partial charge on any atom is 0.206 e. The SMILES string of the molecule is CNCC(Cc1ccccc1)Nc1nnc(-c2ccc3cnccc3c2)s1.[HH].[HH]. The van der Waals surface area contributed by atoms with Gasteiger partial charge in [0.1, 0.15) is 5.01 Å². The van der Waals surface area contributed by atoms with Crippen molar-refractivity contribution in [3.63, 3.8) is 0 Å². The van der Waals surface area contributed by atoms with Crippen LogP contribution in [0.2, 0.25) is 0 Å². The molecule has 0 amide bonds. The molecule has 0 fully saturated rings. The Kier molecular flexibility index (Phi) is 5.37. The van der Waals surface area contributed by atoms with Crippen molar-refractivity contribution in [2.24, 2.45) is 0 Å². The van der Waals surface area contributed by atoms with Gasteiger partial charge in [-0.15, -0.1) is 10.2 Å². The molecular formula is C21H25N5S. The molecule has 0 saturated heterocycles. The van der Waals surface area contributed by atoms with E-state index in [1.54, 1.807) is 11.3 Å². The van der Waals surface area contributed by atoms with Crippen LogP contribution in [0.5, 0.6) is 0 Å². The lowest BCUT2D eigenvalue weighted by atomic mass is 10.1. The zero-order valence-corrected chi connectivity index (χ0v) is 15.9. The van der Waals surface area contributed by atoms with Crippen molar-refractivity contribution in [2.75, 3.05) is 18.9 Å². The first-order valence-corrected chi connectivity index (χ1v) is 9.76. The first-order valence-electron chi connectivity index (χ1n) is 8.94. The van der Waals surface area contributed by atoms with E-state index >= 15 is 0 Å². The van der Waals surface area contributed by atoms with E-state index in [1.807, 2.05) is 31.6 Å². The summed E-state index contributed by atoms with van der Waals surface area (Å²) in [6.45, 7) is 0.854. The van der Waals surface area contributed by atoms with E-state index in [0.29, 0.717) is 0 Å². The van der Waals surface area contributed by atoms with Crippen LogP contribution >= 0.6 is 11.3 Å². The van der Waals surface area contributed by atoms with Crippen molar-refractivity contribution >= 4 is 27.2 Å². The highest BCUT2D eigenvalue weighted by atomic mass is 32.1. The fraction of sp³-hybridized carbons (Fsp3) is 0.190. The van der Waals surface area contributed by atoms with Crippen LogP contribution in [0.1, 0.15) is 8.42 Å². The molecule has 0 aliphatic carbocycles. The van der Waals surface area contributed by atoms with Gasteiger partial charge in [-0.3, -0.25) is 4.98 Å². The molecule has 0 bridgehead atoms. The summed E-state index contributed by atoms with van der Waals surface area (Å²) in [4.78, 5) is 4.16. The van der Waals surface area contributed by atoms with E-state index in [-0.39, 0.29) is 8.90 Å². The van der Waals surface area contributed by atoms with Crippen molar-refractivity contribution in [3.05, 3.63) is 72.6 Å². The van der Waals surface area contributed by atoms with E-state index in [4.69, 9.17) is 0 Å². The van der Waals surface area contributed by atoms with Gasteiger partial charge in [0, 0.05) is 38.8 Å². The number of hydrogen-bond acceptors (Lipinski definition) is 6. The number of pyridine rings is 1. The topological polar surface area (TPSA) is 62.7 Å². The third-order valence-corrected chi connectivity index (χ3v) is 5.32. The van der Waals surface area contributed by atoms with Crippen LogP contribution < -0.4 is 10.6 Å². The molecule has 2 heterocycles. The molecule has 0 saturated carbocycles. The molecular weight excluding hydrogens is 354 g/mol. The second-order valence-corrected chi connectivity index (χ2v) is 7.42. The largest absolute Gasteiger partial charge is 0.356 e. The first-order chi connectivity index (χ1) is 13.3. The molecule has 140 valence electrons. The number of rotatable bonds is 7. The molecule has 0 spiro atoms. The van der Waals surface area contributed by atoms with Crippen LogP contribution in [0.25, 0.3) is 21.3 Å². The smallest absolute Gasteiger partial charge is 0.206 e. The Morgan fingerprint density at radius 3 is 2.78 bits per heavy atom. The number of benzene rings is 2. The van der Waals surface area contributed by atoms with Gasteiger partial charge in [-0.2, -0.15) is 0 Å². The van der Waals surface area contributed by atoms with Gasteiger partial charge < -0.3 is 10.6 Å². The third kappa shape index (κ3) is 4.30. The maximum atomic E-state index is 4.38.